The molecule has 1 amide bonds. The van der Waals surface area contributed by atoms with E-state index in [4.69, 9.17) is 10.8 Å². The van der Waals surface area contributed by atoms with Crippen molar-refractivity contribution in [1.29, 1.82) is 0 Å². The zero-order valence-electron chi connectivity index (χ0n) is 8.62. The van der Waals surface area contributed by atoms with Crippen molar-refractivity contribution >= 4 is 11.9 Å². The smallest absolute Gasteiger partial charge is 0.326 e. The van der Waals surface area contributed by atoms with Crippen LogP contribution < -0.4 is 11.1 Å². The number of aliphatic carboxylic acids is 1. The molecule has 0 aliphatic rings. The maximum Gasteiger partial charge on any atom is 0.326 e. The van der Waals surface area contributed by atoms with Gasteiger partial charge in [-0.2, -0.15) is 0 Å². The van der Waals surface area contributed by atoms with Crippen LogP contribution in [0.25, 0.3) is 0 Å². The predicted molar refractivity (Wildman–Crippen MR) is 52.7 cm³/mol. The van der Waals surface area contributed by atoms with Gasteiger partial charge in [-0.15, -0.1) is 0 Å². The lowest BCUT2D eigenvalue weighted by atomic mass is 10.1. The van der Waals surface area contributed by atoms with Gasteiger partial charge in [-0.25, -0.2) is 4.79 Å². The lowest BCUT2D eigenvalue weighted by Gasteiger charge is -2.12. The summed E-state index contributed by atoms with van der Waals surface area (Å²) in [4.78, 5) is 21.8. The summed E-state index contributed by atoms with van der Waals surface area (Å²) in [5.41, 5.74) is 5.47. The summed E-state index contributed by atoms with van der Waals surface area (Å²) in [6.07, 6.45) is 1.24. The van der Waals surface area contributed by atoms with Gasteiger partial charge < -0.3 is 16.2 Å². The zero-order chi connectivity index (χ0) is 11.1. The molecule has 82 valence electrons. The Hall–Kier alpha value is -1.10. The molecule has 0 aliphatic carbocycles. The van der Waals surface area contributed by atoms with Gasteiger partial charge >= 0.3 is 5.97 Å². The maximum atomic E-state index is 11.2. The van der Waals surface area contributed by atoms with Crippen LogP contribution in [0.3, 0.4) is 0 Å². The quantitative estimate of drug-likeness (QED) is 0.569. The number of carboxylic acid groups (broad SMARTS) is 1. The molecule has 0 spiro atoms. The number of nitrogens with one attached hydrogen (secondary N) is 1. The first kappa shape index (κ1) is 12.9. The molecule has 0 aromatic rings. The average Bonchev–Trinajstić information content (AvgIpc) is 2.10. The van der Waals surface area contributed by atoms with Crippen molar-refractivity contribution in [2.24, 2.45) is 5.73 Å². The fourth-order valence-electron chi connectivity index (χ4n) is 0.964. The topological polar surface area (TPSA) is 92.4 Å². The summed E-state index contributed by atoms with van der Waals surface area (Å²) < 4.78 is 0. The second-order valence-corrected chi connectivity index (χ2v) is 3.38. The lowest BCUT2D eigenvalue weighted by Crippen LogP contribution is -2.40. The summed E-state index contributed by atoms with van der Waals surface area (Å²) in [5, 5.41) is 11.1. The highest BCUT2D eigenvalue weighted by molar-refractivity contribution is 5.83. The largest absolute Gasteiger partial charge is 0.480 e. The van der Waals surface area contributed by atoms with Gasteiger partial charge in [0.1, 0.15) is 6.04 Å². The zero-order valence-corrected chi connectivity index (χ0v) is 8.62. The van der Waals surface area contributed by atoms with Crippen molar-refractivity contribution in [2.45, 2.75) is 45.2 Å². The molecular weight excluding hydrogens is 184 g/mol. The number of amides is 1. The van der Waals surface area contributed by atoms with Crippen molar-refractivity contribution in [2.75, 3.05) is 0 Å². The van der Waals surface area contributed by atoms with Gasteiger partial charge in [0, 0.05) is 12.5 Å². The molecule has 4 N–H and O–H groups in total. The van der Waals surface area contributed by atoms with Crippen LogP contribution in [-0.2, 0) is 9.59 Å². The molecule has 1 unspecified atom stereocenters. The standard InChI is InChI=1S/C9H18N2O3/c1-3-7(9(13)14)11-8(12)5-4-6(2)10/h6-7H,3-5,10H2,1-2H3,(H,11,12)(H,13,14)/t6?,7-/m1/s1. The first-order valence-electron chi connectivity index (χ1n) is 4.75. The molecule has 2 atom stereocenters. The Balaban J connectivity index is 3.85. The predicted octanol–water partition coefficient (Wildman–Crippen LogP) is 0.0932. The number of nitrogens with two attached hydrogens (primary N) is 1. The molecule has 0 aromatic carbocycles. The van der Waals surface area contributed by atoms with Crippen molar-refractivity contribution in [3.05, 3.63) is 0 Å². The Morgan fingerprint density at radius 3 is 2.43 bits per heavy atom. The minimum Gasteiger partial charge on any atom is -0.480 e. The fraction of sp³-hybridized carbons (Fsp3) is 0.778. The van der Waals surface area contributed by atoms with Gasteiger partial charge in [0.05, 0.1) is 0 Å². The number of carbonyl (C=O) groups excluding carboxylic acids is 1. The molecule has 14 heavy (non-hydrogen) atoms. The van der Waals surface area contributed by atoms with Gasteiger partial charge in [-0.05, 0) is 19.8 Å². The van der Waals surface area contributed by atoms with E-state index in [0.29, 0.717) is 12.8 Å². The molecule has 0 fully saturated rings. The minimum atomic E-state index is -0.998. The van der Waals surface area contributed by atoms with Crippen LogP contribution in [0, 0.1) is 0 Å². The Kier molecular flexibility index (Phi) is 5.87. The third-order valence-corrected chi connectivity index (χ3v) is 1.87. The summed E-state index contributed by atoms with van der Waals surface area (Å²) in [6.45, 7) is 3.52. The number of carboxylic acids is 1. The van der Waals surface area contributed by atoms with Crippen LogP contribution in [0.5, 0.6) is 0 Å². The van der Waals surface area contributed by atoms with Crippen LogP contribution in [0.2, 0.25) is 0 Å². The van der Waals surface area contributed by atoms with Crippen LogP contribution in [-0.4, -0.2) is 29.1 Å². The number of hydrogen-bond acceptors (Lipinski definition) is 3. The van der Waals surface area contributed by atoms with Crippen LogP contribution in [0.15, 0.2) is 0 Å². The first-order chi connectivity index (χ1) is 6.47. The summed E-state index contributed by atoms with van der Waals surface area (Å²) >= 11 is 0. The van der Waals surface area contributed by atoms with Crippen molar-refractivity contribution in [1.82, 2.24) is 5.32 Å². The third kappa shape index (κ3) is 5.53. The molecule has 0 aliphatic heterocycles. The monoisotopic (exact) mass is 202 g/mol. The lowest BCUT2D eigenvalue weighted by molar-refractivity contribution is -0.141. The highest BCUT2D eigenvalue weighted by Crippen LogP contribution is 1.96. The van der Waals surface area contributed by atoms with E-state index in [9.17, 15) is 9.59 Å². The maximum absolute atomic E-state index is 11.2. The minimum absolute atomic E-state index is 0.0364. The van der Waals surface area contributed by atoms with Crippen LogP contribution in [0.1, 0.15) is 33.1 Å². The van der Waals surface area contributed by atoms with Gasteiger partial charge in [0.15, 0.2) is 0 Å². The molecule has 0 aromatic heterocycles. The summed E-state index contributed by atoms with van der Waals surface area (Å²) in [5.74, 6) is -1.25. The molecule has 0 heterocycles. The molecule has 0 saturated carbocycles. The second kappa shape index (κ2) is 6.37. The first-order valence-corrected chi connectivity index (χ1v) is 4.75. The van der Waals surface area contributed by atoms with E-state index >= 15 is 0 Å². The number of rotatable bonds is 6. The number of hydrogen-bond donors (Lipinski definition) is 3. The molecule has 0 bridgehead atoms. The van der Waals surface area contributed by atoms with Gasteiger partial charge in [0.2, 0.25) is 5.91 Å². The Morgan fingerprint density at radius 1 is 1.50 bits per heavy atom. The van der Waals surface area contributed by atoms with Gasteiger partial charge in [-0.1, -0.05) is 6.92 Å². The molecule has 0 radical (unpaired) electrons. The molecular formula is C9H18N2O3. The number of carbonyl (C=O) groups is 2. The van der Waals surface area contributed by atoms with E-state index in [1.165, 1.54) is 0 Å². The van der Waals surface area contributed by atoms with E-state index in [-0.39, 0.29) is 18.4 Å². The van der Waals surface area contributed by atoms with Crippen molar-refractivity contribution in [3.63, 3.8) is 0 Å². The van der Waals surface area contributed by atoms with Crippen LogP contribution in [0.4, 0.5) is 0 Å². The third-order valence-electron chi connectivity index (χ3n) is 1.87. The second-order valence-electron chi connectivity index (χ2n) is 3.38. The van der Waals surface area contributed by atoms with E-state index < -0.39 is 12.0 Å². The highest BCUT2D eigenvalue weighted by Gasteiger charge is 2.17. The van der Waals surface area contributed by atoms with E-state index in [2.05, 4.69) is 5.32 Å². The van der Waals surface area contributed by atoms with Crippen molar-refractivity contribution < 1.29 is 14.7 Å². The molecule has 0 saturated heterocycles. The summed E-state index contributed by atoms with van der Waals surface area (Å²) in [7, 11) is 0. The fourth-order valence-corrected chi connectivity index (χ4v) is 0.964. The molecule has 0 rings (SSSR count). The summed E-state index contributed by atoms with van der Waals surface area (Å²) in [6, 6.07) is -0.818. The Labute approximate surface area is 83.7 Å². The van der Waals surface area contributed by atoms with E-state index in [0.717, 1.165) is 0 Å². The SMILES string of the molecule is CC[C@@H](NC(=O)CCC(C)N)C(=O)O. The van der Waals surface area contributed by atoms with Crippen molar-refractivity contribution in [3.8, 4) is 0 Å². The van der Waals surface area contributed by atoms with E-state index in [1.807, 2.05) is 6.92 Å². The van der Waals surface area contributed by atoms with Gasteiger partial charge in [-0.3, -0.25) is 4.79 Å². The van der Waals surface area contributed by atoms with Gasteiger partial charge in [0.25, 0.3) is 0 Å². The Bertz CT molecular complexity index is 204. The molecule has 5 heteroatoms. The van der Waals surface area contributed by atoms with E-state index in [1.54, 1.807) is 6.92 Å². The normalized spacial score (nSPS) is 14.5. The highest BCUT2D eigenvalue weighted by atomic mass is 16.4. The Morgan fingerprint density at radius 2 is 2.07 bits per heavy atom. The van der Waals surface area contributed by atoms with Crippen LogP contribution >= 0.6 is 0 Å². The molecule has 5 nitrogen and oxygen atoms in total. The average molecular weight is 202 g/mol.